The Morgan fingerprint density at radius 2 is 2.09 bits per heavy atom. The number of hydrogen-bond donors (Lipinski definition) is 1. The first kappa shape index (κ1) is 10.2. The minimum atomic E-state index is 0. The molecular formula is C8H10BrNO. The van der Waals surface area contributed by atoms with E-state index in [2.05, 4.69) is 0 Å². The van der Waals surface area contributed by atoms with Gasteiger partial charge in [0.25, 0.3) is 0 Å². The van der Waals surface area contributed by atoms with E-state index in [1.165, 1.54) is 6.92 Å². The summed E-state index contributed by atoms with van der Waals surface area (Å²) in [5.41, 5.74) is 6.74. The molecule has 0 aliphatic heterocycles. The highest BCUT2D eigenvalue weighted by Gasteiger charge is 1.96. The van der Waals surface area contributed by atoms with Gasteiger partial charge in [-0.2, -0.15) is 0 Å². The number of nitrogen functional groups attached to an aromatic ring is 1. The van der Waals surface area contributed by atoms with Crippen molar-refractivity contribution in [2.24, 2.45) is 0 Å². The molecule has 0 heterocycles. The van der Waals surface area contributed by atoms with Crippen molar-refractivity contribution in [1.82, 2.24) is 0 Å². The Kier molecular flexibility index (Phi) is 3.82. The zero-order valence-electron chi connectivity index (χ0n) is 6.20. The molecule has 1 aromatic carbocycles. The molecule has 0 radical (unpaired) electrons. The molecule has 0 bridgehead atoms. The van der Waals surface area contributed by atoms with Gasteiger partial charge in [-0.3, -0.25) is 4.79 Å². The van der Waals surface area contributed by atoms with Gasteiger partial charge >= 0.3 is 0 Å². The number of hydrogen-bond acceptors (Lipinski definition) is 2. The SMILES string of the molecule is Br.CC(=O)c1cccc(N)c1. The Morgan fingerprint density at radius 3 is 2.45 bits per heavy atom. The Morgan fingerprint density at radius 1 is 1.45 bits per heavy atom. The molecule has 0 aromatic heterocycles. The first-order chi connectivity index (χ1) is 4.70. The third kappa shape index (κ3) is 2.72. The normalized spacial score (nSPS) is 8.45. The van der Waals surface area contributed by atoms with Crippen LogP contribution in [0.4, 0.5) is 5.69 Å². The van der Waals surface area contributed by atoms with Crippen molar-refractivity contribution < 1.29 is 4.79 Å². The number of benzene rings is 1. The van der Waals surface area contributed by atoms with Crippen molar-refractivity contribution in [1.29, 1.82) is 0 Å². The number of halogens is 1. The van der Waals surface area contributed by atoms with Crippen molar-refractivity contribution in [2.75, 3.05) is 5.73 Å². The van der Waals surface area contributed by atoms with E-state index < -0.39 is 0 Å². The highest BCUT2D eigenvalue weighted by Crippen LogP contribution is 2.06. The van der Waals surface area contributed by atoms with Crippen LogP contribution < -0.4 is 5.73 Å². The van der Waals surface area contributed by atoms with Gasteiger partial charge in [0, 0.05) is 11.3 Å². The molecule has 0 spiro atoms. The minimum absolute atomic E-state index is 0. The number of anilines is 1. The van der Waals surface area contributed by atoms with Crippen molar-refractivity contribution in [3.63, 3.8) is 0 Å². The zero-order chi connectivity index (χ0) is 7.56. The minimum Gasteiger partial charge on any atom is -0.399 e. The number of nitrogens with two attached hydrogens (primary N) is 1. The fourth-order valence-corrected chi connectivity index (χ4v) is 0.758. The van der Waals surface area contributed by atoms with E-state index >= 15 is 0 Å². The molecule has 11 heavy (non-hydrogen) atoms. The van der Waals surface area contributed by atoms with Crippen LogP contribution in [0, 0.1) is 0 Å². The van der Waals surface area contributed by atoms with Crippen molar-refractivity contribution >= 4 is 28.5 Å². The molecular weight excluding hydrogens is 206 g/mol. The summed E-state index contributed by atoms with van der Waals surface area (Å²) in [6.45, 7) is 1.52. The summed E-state index contributed by atoms with van der Waals surface area (Å²) < 4.78 is 0. The van der Waals surface area contributed by atoms with Crippen LogP contribution in [-0.2, 0) is 0 Å². The van der Waals surface area contributed by atoms with Crippen LogP contribution in [0.15, 0.2) is 24.3 Å². The van der Waals surface area contributed by atoms with Gasteiger partial charge in [-0.15, -0.1) is 17.0 Å². The molecule has 0 saturated carbocycles. The first-order valence-corrected chi connectivity index (χ1v) is 3.06. The standard InChI is InChI=1S/C8H9NO.BrH/c1-6(10)7-3-2-4-8(9)5-7;/h2-5H,9H2,1H3;1H. The highest BCUT2D eigenvalue weighted by atomic mass is 79.9. The smallest absolute Gasteiger partial charge is 0.159 e. The quantitative estimate of drug-likeness (QED) is 0.576. The lowest BCUT2D eigenvalue weighted by molar-refractivity contribution is 0.101. The summed E-state index contributed by atoms with van der Waals surface area (Å²) >= 11 is 0. The van der Waals surface area contributed by atoms with E-state index in [1.807, 2.05) is 0 Å². The average molecular weight is 216 g/mol. The summed E-state index contributed by atoms with van der Waals surface area (Å²) in [5, 5.41) is 0. The second-order valence-electron chi connectivity index (χ2n) is 2.18. The molecule has 0 aliphatic rings. The van der Waals surface area contributed by atoms with Gasteiger partial charge in [0.2, 0.25) is 0 Å². The summed E-state index contributed by atoms with van der Waals surface area (Å²) in [7, 11) is 0. The molecule has 0 unspecified atom stereocenters. The van der Waals surface area contributed by atoms with Crippen molar-refractivity contribution in [3.8, 4) is 0 Å². The Hall–Kier alpha value is -0.830. The molecule has 0 amide bonds. The summed E-state index contributed by atoms with van der Waals surface area (Å²) in [5.74, 6) is 0.0484. The molecule has 1 aromatic rings. The van der Waals surface area contributed by atoms with E-state index in [1.54, 1.807) is 24.3 Å². The molecule has 2 N–H and O–H groups in total. The lowest BCUT2D eigenvalue weighted by Crippen LogP contribution is -1.93. The topological polar surface area (TPSA) is 43.1 Å². The van der Waals surface area contributed by atoms with Gasteiger partial charge in [0.15, 0.2) is 5.78 Å². The highest BCUT2D eigenvalue weighted by molar-refractivity contribution is 8.93. The molecule has 3 heteroatoms. The van der Waals surface area contributed by atoms with E-state index in [9.17, 15) is 4.79 Å². The van der Waals surface area contributed by atoms with Crippen LogP contribution in [0.1, 0.15) is 17.3 Å². The maximum Gasteiger partial charge on any atom is 0.159 e. The maximum atomic E-state index is 10.7. The molecule has 60 valence electrons. The summed E-state index contributed by atoms with van der Waals surface area (Å²) in [6, 6.07) is 6.94. The van der Waals surface area contributed by atoms with E-state index in [0.29, 0.717) is 11.3 Å². The fraction of sp³-hybridized carbons (Fsp3) is 0.125. The largest absolute Gasteiger partial charge is 0.399 e. The Bertz CT molecular complexity index is 260. The van der Waals surface area contributed by atoms with Crippen LogP contribution in [0.3, 0.4) is 0 Å². The summed E-state index contributed by atoms with van der Waals surface area (Å²) in [4.78, 5) is 10.7. The molecule has 0 aliphatic carbocycles. The predicted molar refractivity (Wildman–Crippen MR) is 51.2 cm³/mol. The second-order valence-corrected chi connectivity index (χ2v) is 2.18. The lowest BCUT2D eigenvalue weighted by atomic mass is 10.1. The molecule has 0 atom stereocenters. The molecule has 0 saturated heterocycles. The first-order valence-electron chi connectivity index (χ1n) is 3.06. The maximum absolute atomic E-state index is 10.7. The number of carbonyl (C=O) groups is 1. The van der Waals surface area contributed by atoms with Gasteiger partial charge in [-0.25, -0.2) is 0 Å². The Labute approximate surface area is 76.2 Å². The van der Waals surface area contributed by atoms with Crippen LogP contribution >= 0.6 is 17.0 Å². The van der Waals surface area contributed by atoms with Crippen LogP contribution in [0.25, 0.3) is 0 Å². The number of carbonyl (C=O) groups excluding carboxylic acids is 1. The van der Waals surface area contributed by atoms with Gasteiger partial charge in [0.1, 0.15) is 0 Å². The van der Waals surface area contributed by atoms with Gasteiger partial charge in [-0.1, -0.05) is 12.1 Å². The van der Waals surface area contributed by atoms with Gasteiger partial charge < -0.3 is 5.73 Å². The van der Waals surface area contributed by atoms with E-state index in [0.717, 1.165) is 0 Å². The van der Waals surface area contributed by atoms with Gasteiger partial charge in [-0.05, 0) is 19.1 Å². The molecule has 1 rings (SSSR count). The predicted octanol–water partition coefficient (Wildman–Crippen LogP) is 2.05. The monoisotopic (exact) mass is 215 g/mol. The zero-order valence-corrected chi connectivity index (χ0v) is 7.92. The fourth-order valence-electron chi connectivity index (χ4n) is 0.758. The average Bonchev–Trinajstić information content (AvgIpc) is 1.88. The van der Waals surface area contributed by atoms with Crippen LogP contribution in [0.5, 0.6) is 0 Å². The van der Waals surface area contributed by atoms with Crippen molar-refractivity contribution in [2.45, 2.75) is 6.92 Å². The second kappa shape index (κ2) is 4.13. The number of ketones is 1. The van der Waals surface area contributed by atoms with Crippen LogP contribution in [-0.4, -0.2) is 5.78 Å². The van der Waals surface area contributed by atoms with E-state index in [-0.39, 0.29) is 22.8 Å². The van der Waals surface area contributed by atoms with Crippen LogP contribution in [0.2, 0.25) is 0 Å². The third-order valence-corrected chi connectivity index (χ3v) is 1.29. The lowest BCUT2D eigenvalue weighted by Gasteiger charge is -1.94. The van der Waals surface area contributed by atoms with Gasteiger partial charge in [0.05, 0.1) is 0 Å². The van der Waals surface area contributed by atoms with Crippen molar-refractivity contribution in [3.05, 3.63) is 29.8 Å². The molecule has 2 nitrogen and oxygen atoms in total. The summed E-state index contributed by atoms with van der Waals surface area (Å²) in [6.07, 6.45) is 0. The third-order valence-electron chi connectivity index (χ3n) is 1.29. The number of Topliss-reactive ketones (excluding diaryl/α,β-unsaturated/α-hetero) is 1. The number of rotatable bonds is 1. The Balaban J connectivity index is 0.000001000. The van der Waals surface area contributed by atoms with E-state index in [4.69, 9.17) is 5.73 Å². The molecule has 0 fully saturated rings.